The first-order valence-corrected chi connectivity index (χ1v) is 6.28. The Morgan fingerprint density at radius 2 is 1.70 bits per heavy atom. The van der Waals surface area contributed by atoms with Gasteiger partial charge >= 0.3 is 0 Å². The maximum atomic E-state index is 10.1. The Kier molecular flexibility index (Phi) is 4.00. The molecule has 0 spiro atoms. The minimum absolute atomic E-state index is 0.142. The van der Waals surface area contributed by atoms with Gasteiger partial charge in [0.2, 0.25) is 0 Å². The van der Waals surface area contributed by atoms with Crippen molar-refractivity contribution in [1.82, 2.24) is 0 Å². The van der Waals surface area contributed by atoms with E-state index in [2.05, 4.69) is 0 Å². The van der Waals surface area contributed by atoms with Gasteiger partial charge in [-0.15, -0.1) is 0 Å². The molecule has 0 aliphatic carbocycles. The van der Waals surface area contributed by atoms with Gasteiger partial charge in [0.1, 0.15) is 5.75 Å². The number of nitrogens with two attached hydrogens (primary N) is 3. The number of aromatic hydroxyl groups is 1. The summed E-state index contributed by atoms with van der Waals surface area (Å²) in [5.74, 6) is 0.142. The van der Waals surface area contributed by atoms with Gasteiger partial charge in [0, 0.05) is 29.7 Å². The second-order valence-electron chi connectivity index (χ2n) is 4.66. The molecule has 0 radical (unpaired) electrons. The van der Waals surface area contributed by atoms with Crippen molar-refractivity contribution in [3.63, 3.8) is 0 Å². The molecule has 0 amide bonds. The first kappa shape index (κ1) is 14.0. The third-order valence-electron chi connectivity index (χ3n) is 3.17. The lowest BCUT2D eigenvalue weighted by Crippen LogP contribution is -2.04. The number of nitrogen functional groups attached to an aromatic ring is 3. The minimum atomic E-state index is 0.142. The molecule has 0 atom stereocenters. The fourth-order valence-electron chi connectivity index (χ4n) is 2.21. The quantitative estimate of drug-likeness (QED) is 0.503. The van der Waals surface area contributed by atoms with Gasteiger partial charge < -0.3 is 27.0 Å². The third kappa shape index (κ3) is 2.78. The zero-order valence-corrected chi connectivity index (χ0v) is 11.4. The fourth-order valence-corrected chi connectivity index (χ4v) is 2.21. The van der Waals surface area contributed by atoms with Crippen molar-refractivity contribution in [2.24, 2.45) is 0 Å². The molecule has 0 aromatic heterocycles. The van der Waals surface area contributed by atoms with Crippen LogP contribution in [0.2, 0.25) is 0 Å². The molecule has 0 aliphatic rings. The van der Waals surface area contributed by atoms with Gasteiger partial charge in [-0.05, 0) is 47.9 Å². The van der Waals surface area contributed by atoms with Gasteiger partial charge in [-0.1, -0.05) is 0 Å². The second-order valence-corrected chi connectivity index (χ2v) is 4.66. The standard InChI is InChI=1S/C15H19N3O2/c1-20-5-4-11-12(7-10(17)8-14(11)18)13-6-9(16)2-3-15(13)19/h2-3,6-8,19H,4-5,16-18H2,1H3. The van der Waals surface area contributed by atoms with Crippen LogP contribution >= 0.6 is 0 Å². The minimum Gasteiger partial charge on any atom is -0.507 e. The van der Waals surface area contributed by atoms with E-state index in [4.69, 9.17) is 21.9 Å². The summed E-state index contributed by atoms with van der Waals surface area (Å²) in [7, 11) is 1.63. The number of benzene rings is 2. The van der Waals surface area contributed by atoms with E-state index in [0.717, 1.165) is 11.1 Å². The molecule has 20 heavy (non-hydrogen) atoms. The highest BCUT2D eigenvalue weighted by Gasteiger charge is 2.13. The molecule has 0 aliphatic heterocycles. The lowest BCUT2D eigenvalue weighted by molar-refractivity contribution is 0.202. The molecule has 2 rings (SSSR count). The van der Waals surface area contributed by atoms with Gasteiger partial charge in [-0.3, -0.25) is 0 Å². The highest BCUT2D eigenvalue weighted by Crippen LogP contribution is 2.37. The van der Waals surface area contributed by atoms with Crippen LogP contribution in [0.1, 0.15) is 5.56 Å². The maximum absolute atomic E-state index is 10.1. The smallest absolute Gasteiger partial charge is 0.123 e. The van der Waals surface area contributed by atoms with Gasteiger partial charge in [-0.2, -0.15) is 0 Å². The Hall–Kier alpha value is -2.40. The molecular weight excluding hydrogens is 254 g/mol. The van der Waals surface area contributed by atoms with Gasteiger partial charge in [0.05, 0.1) is 6.61 Å². The molecule has 0 unspecified atom stereocenters. The van der Waals surface area contributed by atoms with Crippen LogP contribution in [-0.4, -0.2) is 18.8 Å². The molecule has 5 heteroatoms. The summed E-state index contributed by atoms with van der Waals surface area (Å²) < 4.78 is 5.10. The zero-order valence-electron chi connectivity index (χ0n) is 11.4. The van der Waals surface area contributed by atoms with Gasteiger partial charge in [0.15, 0.2) is 0 Å². The van der Waals surface area contributed by atoms with Gasteiger partial charge in [0.25, 0.3) is 0 Å². The number of phenolic OH excluding ortho intramolecular Hbond substituents is 1. The van der Waals surface area contributed by atoms with Crippen molar-refractivity contribution in [3.05, 3.63) is 35.9 Å². The van der Waals surface area contributed by atoms with Crippen molar-refractivity contribution in [3.8, 4) is 16.9 Å². The van der Waals surface area contributed by atoms with Crippen LogP contribution in [0.15, 0.2) is 30.3 Å². The molecular formula is C15H19N3O2. The number of hydrogen-bond donors (Lipinski definition) is 4. The lowest BCUT2D eigenvalue weighted by atomic mass is 9.94. The Morgan fingerprint density at radius 3 is 2.40 bits per heavy atom. The Balaban J connectivity index is 2.62. The molecule has 2 aromatic rings. The fraction of sp³-hybridized carbons (Fsp3) is 0.200. The topological polar surface area (TPSA) is 108 Å². The third-order valence-corrected chi connectivity index (χ3v) is 3.17. The predicted octanol–water partition coefficient (Wildman–Crippen LogP) is 1.99. The van der Waals surface area contributed by atoms with Crippen LogP contribution in [0, 0.1) is 0 Å². The van der Waals surface area contributed by atoms with Crippen LogP contribution in [0.25, 0.3) is 11.1 Å². The van der Waals surface area contributed by atoms with E-state index in [9.17, 15) is 5.11 Å². The number of anilines is 3. The summed E-state index contributed by atoms with van der Waals surface area (Å²) in [6.45, 7) is 0.532. The molecule has 5 nitrogen and oxygen atoms in total. The van der Waals surface area contributed by atoms with Crippen LogP contribution < -0.4 is 17.2 Å². The van der Waals surface area contributed by atoms with E-state index >= 15 is 0 Å². The number of ether oxygens (including phenoxy) is 1. The molecule has 0 saturated carbocycles. The van der Waals surface area contributed by atoms with E-state index in [1.165, 1.54) is 0 Å². The summed E-state index contributed by atoms with van der Waals surface area (Å²) >= 11 is 0. The number of rotatable bonds is 4. The predicted molar refractivity (Wildman–Crippen MR) is 82.4 cm³/mol. The average molecular weight is 273 g/mol. The summed E-state index contributed by atoms with van der Waals surface area (Å²) in [6.07, 6.45) is 0.631. The maximum Gasteiger partial charge on any atom is 0.123 e. The summed E-state index contributed by atoms with van der Waals surface area (Å²) in [5, 5.41) is 10.1. The van der Waals surface area contributed by atoms with E-state index in [-0.39, 0.29) is 5.75 Å². The number of hydrogen-bond acceptors (Lipinski definition) is 5. The van der Waals surface area contributed by atoms with Crippen molar-refractivity contribution in [2.75, 3.05) is 30.9 Å². The average Bonchev–Trinajstić information content (AvgIpc) is 2.40. The summed E-state index contributed by atoms with van der Waals surface area (Å²) in [4.78, 5) is 0. The molecule has 0 bridgehead atoms. The Morgan fingerprint density at radius 1 is 1.00 bits per heavy atom. The Bertz CT molecular complexity index is 627. The van der Waals surface area contributed by atoms with Crippen molar-refractivity contribution >= 4 is 17.1 Å². The SMILES string of the molecule is COCCc1c(N)cc(N)cc1-c1cc(N)ccc1O. The second kappa shape index (κ2) is 5.71. The van der Waals surface area contributed by atoms with Crippen LogP contribution in [0.4, 0.5) is 17.1 Å². The van der Waals surface area contributed by atoms with Crippen molar-refractivity contribution < 1.29 is 9.84 Å². The molecule has 7 N–H and O–H groups in total. The molecule has 106 valence electrons. The zero-order chi connectivity index (χ0) is 14.7. The first-order chi connectivity index (χ1) is 9.52. The number of methoxy groups -OCH3 is 1. The monoisotopic (exact) mass is 273 g/mol. The van der Waals surface area contributed by atoms with Gasteiger partial charge in [-0.25, -0.2) is 0 Å². The van der Waals surface area contributed by atoms with E-state index in [1.54, 1.807) is 37.4 Å². The summed E-state index contributed by atoms with van der Waals surface area (Å²) in [6, 6.07) is 8.40. The van der Waals surface area contributed by atoms with Crippen LogP contribution in [0.3, 0.4) is 0 Å². The normalized spacial score (nSPS) is 10.7. The molecule has 0 heterocycles. The first-order valence-electron chi connectivity index (χ1n) is 6.28. The van der Waals surface area contributed by atoms with Crippen molar-refractivity contribution in [1.29, 1.82) is 0 Å². The largest absolute Gasteiger partial charge is 0.507 e. The number of phenols is 1. The van der Waals surface area contributed by atoms with E-state index < -0.39 is 0 Å². The lowest BCUT2D eigenvalue weighted by Gasteiger charge is -2.15. The van der Waals surface area contributed by atoms with Crippen molar-refractivity contribution in [2.45, 2.75) is 6.42 Å². The van der Waals surface area contributed by atoms with E-state index in [1.807, 2.05) is 0 Å². The van der Waals surface area contributed by atoms with Crippen LogP contribution in [-0.2, 0) is 11.2 Å². The molecule has 2 aromatic carbocycles. The summed E-state index contributed by atoms with van der Waals surface area (Å²) in [5.41, 5.74) is 21.7. The van der Waals surface area contributed by atoms with E-state index in [0.29, 0.717) is 35.7 Å². The Labute approximate surface area is 118 Å². The molecule has 0 saturated heterocycles. The highest BCUT2D eigenvalue weighted by molar-refractivity contribution is 5.82. The van der Waals surface area contributed by atoms with Crippen LogP contribution in [0.5, 0.6) is 5.75 Å². The highest BCUT2D eigenvalue weighted by atomic mass is 16.5. The molecule has 0 fully saturated rings.